The first-order chi connectivity index (χ1) is 12.3. The highest BCUT2D eigenvalue weighted by atomic mass is 32.2. The standard InChI is InChI=1S/C17H16FN3O4S/c1-10-13-8-11(18)6-7-15(13)25-17(22)14(10)9-12-4-3-5-16(20-12)21-26(23,24)19-2/h3-8,19H,9H2,1-2H3,(H,20,21). The van der Waals surface area contributed by atoms with Gasteiger partial charge in [-0.25, -0.2) is 18.9 Å². The van der Waals surface area contributed by atoms with Crippen LogP contribution < -0.4 is 15.1 Å². The molecule has 2 heterocycles. The Morgan fingerprint density at radius 2 is 2.00 bits per heavy atom. The molecule has 0 bridgehead atoms. The number of benzene rings is 1. The Morgan fingerprint density at radius 1 is 1.23 bits per heavy atom. The van der Waals surface area contributed by atoms with Crippen molar-refractivity contribution < 1.29 is 17.2 Å². The molecule has 9 heteroatoms. The number of pyridine rings is 1. The van der Waals surface area contributed by atoms with Gasteiger partial charge in [-0.3, -0.25) is 4.72 Å². The van der Waals surface area contributed by atoms with Crippen molar-refractivity contribution in [2.75, 3.05) is 11.8 Å². The summed E-state index contributed by atoms with van der Waals surface area (Å²) in [4.78, 5) is 16.5. The minimum Gasteiger partial charge on any atom is -0.422 e. The van der Waals surface area contributed by atoms with Crippen LogP contribution in [0.2, 0.25) is 0 Å². The van der Waals surface area contributed by atoms with E-state index in [4.69, 9.17) is 4.42 Å². The summed E-state index contributed by atoms with van der Waals surface area (Å²) in [5, 5.41) is 0.506. The summed E-state index contributed by atoms with van der Waals surface area (Å²) in [6, 6.07) is 8.71. The van der Waals surface area contributed by atoms with E-state index in [1.807, 2.05) is 0 Å². The summed E-state index contributed by atoms with van der Waals surface area (Å²) in [5.41, 5.74) is 1.17. The highest BCUT2D eigenvalue weighted by molar-refractivity contribution is 7.90. The number of nitrogens with zero attached hydrogens (tertiary/aromatic N) is 1. The zero-order valence-corrected chi connectivity index (χ0v) is 14.9. The van der Waals surface area contributed by atoms with Gasteiger partial charge in [0.05, 0.1) is 0 Å². The van der Waals surface area contributed by atoms with E-state index in [2.05, 4.69) is 14.4 Å². The van der Waals surface area contributed by atoms with Crippen molar-refractivity contribution in [3.05, 3.63) is 69.5 Å². The van der Waals surface area contributed by atoms with Gasteiger partial charge in [0, 0.05) is 30.1 Å². The topological polar surface area (TPSA) is 101 Å². The van der Waals surface area contributed by atoms with Gasteiger partial charge in [0.1, 0.15) is 17.2 Å². The summed E-state index contributed by atoms with van der Waals surface area (Å²) in [6.45, 7) is 1.71. The quantitative estimate of drug-likeness (QED) is 0.663. The number of fused-ring (bicyclic) bond motifs is 1. The van der Waals surface area contributed by atoms with Crippen molar-refractivity contribution in [2.24, 2.45) is 0 Å². The molecule has 0 radical (unpaired) electrons. The van der Waals surface area contributed by atoms with Crippen molar-refractivity contribution >= 4 is 27.0 Å². The molecule has 0 aliphatic heterocycles. The lowest BCUT2D eigenvalue weighted by Crippen LogP contribution is -2.27. The first kappa shape index (κ1) is 18.0. The smallest absolute Gasteiger partial charge is 0.340 e. The predicted molar refractivity (Wildman–Crippen MR) is 95.8 cm³/mol. The molecule has 0 saturated carbocycles. The highest BCUT2D eigenvalue weighted by Crippen LogP contribution is 2.22. The summed E-state index contributed by atoms with van der Waals surface area (Å²) in [6.07, 6.45) is 0.121. The Bertz CT molecular complexity index is 1140. The van der Waals surface area contributed by atoms with E-state index in [1.165, 1.54) is 31.3 Å². The van der Waals surface area contributed by atoms with Gasteiger partial charge in [0.2, 0.25) is 0 Å². The van der Waals surface area contributed by atoms with E-state index < -0.39 is 21.7 Å². The van der Waals surface area contributed by atoms with Gasteiger partial charge < -0.3 is 4.42 Å². The van der Waals surface area contributed by atoms with Crippen LogP contribution in [-0.2, 0) is 16.6 Å². The van der Waals surface area contributed by atoms with Gasteiger partial charge in [-0.1, -0.05) is 6.07 Å². The molecule has 0 spiro atoms. The summed E-state index contributed by atoms with van der Waals surface area (Å²) < 4.78 is 46.3. The van der Waals surface area contributed by atoms with E-state index in [-0.39, 0.29) is 12.2 Å². The van der Waals surface area contributed by atoms with Crippen LogP contribution in [0.15, 0.2) is 45.6 Å². The first-order valence-corrected chi connectivity index (χ1v) is 9.16. The van der Waals surface area contributed by atoms with E-state index in [9.17, 15) is 17.6 Å². The van der Waals surface area contributed by atoms with Crippen LogP contribution in [0.3, 0.4) is 0 Å². The maximum atomic E-state index is 13.5. The summed E-state index contributed by atoms with van der Waals surface area (Å²) in [5.74, 6) is -0.312. The zero-order chi connectivity index (χ0) is 18.9. The Balaban J connectivity index is 2.00. The fourth-order valence-corrected chi connectivity index (χ4v) is 3.06. The largest absolute Gasteiger partial charge is 0.422 e. The third-order valence-corrected chi connectivity index (χ3v) is 4.93. The van der Waals surface area contributed by atoms with Crippen molar-refractivity contribution in [3.63, 3.8) is 0 Å². The van der Waals surface area contributed by atoms with E-state index in [0.717, 1.165) is 0 Å². The maximum absolute atomic E-state index is 13.5. The molecule has 0 amide bonds. The van der Waals surface area contributed by atoms with Crippen LogP contribution in [0, 0.1) is 12.7 Å². The van der Waals surface area contributed by atoms with Crippen LogP contribution in [0.4, 0.5) is 10.2 Å². The van der Waals surface area contributed by atoms with Crippen molar-refractivity contribution in [3.8, 4) is 0 Å². The normalized spacial score (nSPS) is 11.7. The van der Waals surface area contributed by atoms with Gasteiger partial charge in [-0.15, -0.1) is 0 Å². The van der Waals surface area contributed by atoms with E-state index in [0.29, 0.717) is 27.8 Å². The molecule has 0 unspecified atom stereocenters. The Kier molecular flexibility index (Phi) is 4.75. The molecule has 3 rings (SSSR count). The third-order valence-electron chi connectivity index (χ3n) is 3.92. The molecule has 3 aromatic rings. The molecular weight excluding hydrogens is 361 g/mol. The SMILES string of the molecule is CNS(=O)(=O)Nc1cccc(Cc2c(C)c3cc(F)ccc3oc2=O)n1. The molecule has 136 valence electrons. The number of anilines is 1. The molecule has 7 nitrogen and oxygen atoms in total. The molecule has 0 saturated heterocycles. The Hall–Kier alpha value is -2.78. The second-order valence-electron chi connectivity index (χ2n) is 5.63. The minimum absolute atomic E-state index is 0.116. The minimum atomic E-state index is -3.70. The van der Waals surface area contributed by atoms with Crippen LogP contribution in [0.25, 0.3) is 11.0 Å². The second kappa shape index (κ2) is 6.85. The van der Waals surface area contributed by atoms with Gasteiger partial charge >= 0.3 is 5.63 Å². The molecule has 0 fully saturated rings. The fourth-order valence-electron chi connectivity index (χ4n) is 2.57. The highest BCUT2D eigenvalue weighted by Gasteiger charge is 2.14. The molecule has 2 N–H and O–H groups in total. The lowest BCUT2D eigenvalue weighted by atomic mass is 10.0. The predicted octanol–water partition coefficient (Wildman–Crippen LogP) is 2.10. The lowest BCUT2D eigenvalue weighted by Gasteiger charge is -2.09. The van der Waals surface area contributed by atoms with Crippen LogP contribution in [0.1, 0.15) is 16.8 Å². The van der Waals surface area contributed by atoms with Crippen molar-refractivity contribution in [1.82, 2.24) is 9.71 Å². The second-order valence-corrected chi connectivity index (χ2v) is 7.25. The monoisotopic (exact) mass is 377 g/mol. The van der Waals surface area contributed by atoms with Crippen molar-refractivity contribution in [2.45, 2.75) is 13.3 Å². The maximum Gasteiger partial charge on any atom is 0.340 e. The van der Waals surface area contributed by atoms with E-state index in [1.54, 1.807) is 19.1 Å². The number of aromatic nitrogens is 1. The van der Waals surface area contributed by atoms with Gasteiger partial charge in [0.15, 0.2) is 0 Å². The number of aryl methyl sites for hydroxylation is 1. The number of halogens is 1. The number of hydrogen-bond donors (Lipinski definition) is 2. The fraction of sp³-hybridized carbons (Fsp3) is 0.176. The average Bonchev–Trinajstić information content (AvgIpc) is 2.59. The molecule has 0 aliphatic carbocycles. The van der Waals surface area contributed by atoms with Crippen LogP contribution in [0.5, 0.6) is 0 Å². The third kappa shape index (κ3) is 3.73. The lowest BCUT2D eigenvalue weighted by molar-refractivity contribution is 0.548. The van der Waals surface area contributed by atoms with Gasteiger partial charge in [0.25, 0.3) is 10.2 Å². The Morgan fingerprint density at radius 3 is 2.73 bits per heavy atom. The molecule has 0 aliphatic rings. The molecule has 0 atom stereocenters. The number of rotatable bonds is 5. The first-order valence-electron chi connectivity index (χ1n) is 7.68. The van der Waals surface area contributed by atoms with Crippen molar-refractivity contribution in [1.29, 1.82) is 0 Å². The van der Waals surface area contributed by atoms with Gasteiger partial charge in [-0.05, 0) is 42.8 Å². The average molecular weight is 377 g/mol. The molecule has 2 aromatic heterocycles. The number of hydrogen-bond acceptors (Lipinski definition) is 5. The number of nitrogens with one attached hydrogen (secondary N) is 2. The summed E-state index contributed by atoms with van der Waals surface area (Å²) in [7, 11) is -2.42. The molecular formula is C17H16FN3O4S. The van der Waals surface area contributed by atoms with E-state index >= 15 is 0 Å². The molecule has 1 aromatic carbocycles. The van der Waals surface area contributed by atoms with Crippen LogP contribution in [-0.4, -0.2) is 20.4 Å². The van der Waals surface area contributed by atoms with Gasteiger partial charge in [-0.2, -0.15) is 8.42 Å². The summed E-state index contributed by atoms with van der Waals surface area (Å²) >= 11 is 0. The molecule has 26 heavy (non-hydrogen) atoms. The Labute approximate surface area is 149 Å². The zero-order valence-electron chi connectivity index (χ0n) is 14.0. The van der Waals surface area contributed by atoms with Crippen LogP contribution >= 0.6 is 0 Å².